The molecule has 2 N–H and O–H groups in total. The van der Waals surface area contributed by atoms with Crippen molar-refractivity contribution in [2.75, 3.05) is 0 Å². The molecule has 2 aromatic rings. The molecule has 1 aliphatic rings. The maximum absolute atomic E-state index is 12.7. The summed E-state index contributed by atoms with van der Waals surface area (Å²) < 4.78 is 5.93. The molecule has 1 fully saturated rings. The SMILES string of the molecule is CC(C)C(NC(=O)c1ccccc1)C(=O)NCc1ccnc(OC2CCCC2)c1. The van der Waals surface area contributed by atoms with Gasteiger partial charge < -0.3 is 15.4 Å². The third-order valence-electron chi connectivity index (χ3n) is 5.13. The van der Waals surface area contributed by atoms with Gasteiger partial charge in [-0.05, 0) is 55.4 Å². The van der Waals surface area contributed by atoms with Crippen LogP contribution in [0.15, 0.2) is 48.7 Å². The number of nitrogens with zero attached hydrogens (tertiary/aromatic N) is 1. The van der Waals surface area contributed by atoms with Gasteiger partial charge in [-0.2, -0.15) is 0 Å². The zero-order valence-electron chi connectivity index (χ0n) is 17.1. The van der Waals surface area contributed by atoms with Crippen LogP contribution in [-0.2, 0) is 11.3 Å². The molecule has 1 aromatic heterocycles. The van der Waals surface area contributed by atoms with Gasteiger partial charge in [0.2, 0.25) is 11.8 Å². The fourth-order valence-electron chi connectivity index (χ4n) is 3.45. The second-order valence-electron chi connectivity index (χ2n) is 7.81. The van der Waals surface area contributed by atoms with Gasteiger partial charge in [-0.3, -0.25) is 9.59 Å². The first-order valence-electron chi connectivity index (χ1n) is 10.3. The lowest BCUT2D eigenvalue weighted by atomic mass is 10.0. The molecule has 1 aliphatic carbocycles. The van der Waals surface area contributed by atoms with Crippen molar-refractivity contribution in [3.63, 3.8) is 0 Å². The minimum atomic E-state index is -0.612. The third-order valence-corrected chi connectivity index (χ3v) is 5.13. The number of aromatic nitrogens is 1. The Labute approximate surface area is 172 Å². The minimum Gasteiger partial charge on any atom is -0.474 e. The number of benzene rings is 1. The van der Waals surface area contributed by atoms with Gasteiger partial charge in [-0.1, -0.05) is 32.0 Å². The van der Waals surface area contributed by atoms with Crippen molar-refractivity contribution in [3.05, 3.63) is 59.8 Å². The zero-order valence-corrected chi connectivity index (χ0v) is 17.1. The normalized spacial score (nSPS) is 15.1. The Balaban J connectivity index is 1.56. The molecule has 6 heteroatoms. The first-order valence-corrected chi connectivity index (χ1v) is 10.3. The van der Waals surface area contributed by atoms with E-state index >= 15 is 0 Å². The van der Waals surface area contributed by atoms with Crippen molar-refractivity contribution >= 4 is 11.8 Å². The Morgan fingerprint density at radius 2 is 1.86 bits per heavy atom. The van der Waals surface area contributed by atoms with Gasteiger partial charge >= 0.3 is 0 Å². The molecule has 3 rings (SSSR count). The smallest absolute Gasteiger partial charge is 0.251 e. The molecule has 154 valence electrons. The van der Waals surface area contributed by atoms with Crippen LogP contribution in [0.2, 0.25) is 0 Å². The standard InChI is InChI=1S/C23H29N3O3/c1-16(2)21(26-22(27)18-8-4-3-5-9-18)23(28)25-15-17-12-13-24-20(14-17)29-19-10-6-7-11-19/h3-5,8-9,12-14,16,19,21H,6-7,10-11,15H2,1-2H3,(H,25,28)(H,26,27). The number of nitrogens with one attached hydrogen (secondary N) is 2. The van der Waals surface area contributed by atoms with E-state index in [9.17, 15) is 9.59 Å². The number of ether oxygens (including phenoxy) is 1. The second-order valence-corrected chi connectivity index (χ2v) is 7.81. The van der Waals surface area contributed by atoms with Crippen LogP contribution in [0.5, 0.6) is 5.88 Å². The number of carbonyl (C=O) groups is 2. The van der Waals surface area contributed by atoms with E-state index in [1.807, 2.05) is 32.0 Å². The Morgan fingerprint density at radius 1 is 1.14 bits per heavy atom. The molecule has 1 aromatic carbocycles. The van der Waals surface area contributed by atoms with Crippen LogP contribution in [0, 0.1) is 5.92 Å². The molecule has 0 spiro atoms. The highest BCUT2D eigenvalue weighted by Crippen LogP contribution is 2.23. The zero-order chi connectivity index (χ0) is 20.6. The topological polar surface area (TPSA) is 80.3 Å². The maximum atomic E-state index is 12.7. The van der Waals surface area contributed by atoms with Gasteiger partial charge in [-0.15, -0.1) is 0 Å². The lowest BCUT2D eigenvalue weighted by molar-refractivity contribution is -0.124. The van der Waals surface area contributed by atoms with Crippen LogP contribution < -0.4 is 15.4 Å². The molecule has 29 heavy (non-hydrogen) atoms. The summed E-state index contributed by atoms with van der Waals surface area (Å²) in [6, 6.07) is 12.0. The molecule has 2 amide bonds. The lowest BCUT2D eigenvalue weighted by Crippen LogP contribution is -2.49. The van der Waals surface area contributed by atoms with Gasteiger partial charge in [-0.25, -0.2) is 4.98 Å². The van der Waals surface area contributed by atoms with E-state index in [1.54, 1.807) is 30.5 Å². The average molecular weight is 396 g/mol. The summed E-state index contributed by atoms with van der Waals surface area (Å²) in [5, 5.41) is 5.76. The van der Waals surface area contributed by atoms with Crippen molar-refractivity contribution < 1.29 is 14.3 Å². The van der Waals surface area contributed by atoms with Gasteiger partial charge in [0, 0.05) is 24.4 Å². The van der Waals surface area contributed by atoms with Gasteiger partial charge in [0.05, 0.1) is 0 Å². The van der Waals surface area contributed by atoms with Gasteiger partial charge in [0.25, 0.3) is 5.91 Å². The Kier molecular flexibility index (Phi) is 7.22. The Morgan fingerprint density at radius 3 is 2.55 bits per heavy atom. The number of carbonyl (C=O) groups excluding carboxylic acids is 2. The van der Waals surface area contributed by atoms with Crippen molar-refractivity contribution in [2.45, 2.75) is 58.2 Å². The summed E-state index contributed by atoms with van der Waals surface area (Å²) in [6.45, 7) is 4.18. The van der Waals surface area contributed by atoms with Crippen molar-refractivity contribution in [3.8, 4) is 5.88 Å². The fraction of sp³-hybridized carbons (Fsp3) is 0.435. The summed E-state index contributed by atoms with van der Waals surface area (Å²) >= 11 is 0. The molecule has 6 nitrogen and oxygen atoms in total. The summed E-state index contributed by atoms with van der Waals surface area (Å²) in [5.41, 5.74) is 1.45. The monoisotopic (exact) mass is 395 g/mol. The van der Waals surface area contributed by atoms with E-state index in [2.05, 4.69) is 15.6 Å². The number of hydrogen-bond donors (Lipinski definition) is 2. The van der Waals surface area contributed by atoms with Crippen LogP contribution in [0.3, 0.4) is 0 Å². The second kappa shape index (κ2) is 10.0. The predicted molar refractivity (Wildman–Crippen MR) is 112 cm³/mol. The van der Waals surface area contributed by atoms with E-state index in [4.69, 9.17) is 4.74 Å². The number of amides is 2. The molecule has 1 unspecified atom stereocenters. The van der Waals surface area contributed by atoms with E-state index in [0.717, 1.165) is 18.4 Å². The molecule has 0 bridgehead atoms. The Hall–Kier alpha value is -2.89. The van der Waals surface area contributed by atoms with Gasteiger partial charge in [0.1, 0.15) is 12.1 Å². The average Bonchev–Trinajstić information content (AvgIpc) is 3.24. The van der Waals surface area contributed by atoms with E-state index in [-0.39, 0.29) is 23.8 Å². The van der Waals surface area contributed by atoms with Crippen molar-refractivity contribution in [2.24, 2.45) is 5.92 Å². The summed E-state index contributed by atoms with van der Waals surface area (Å²) in [4.78, 5) is 29.4. The van der Waals surface area contributed by atoms with Crippen LogP contribution in [-0.4, -0.2) is 28.9 Å². The molecule has 0 radical (unpaired) electrons. The molecule has 1 heterocycles. The molecule has 0 saturated heterocycles. The number of hydrogen-bond acceptors (Lipinski definition) is 4. The molecular formula is C23H29N3O3. The van der Waals surface area contributed by atoms with Crippen LogP contribution in [0.25, 0.3) is 0 Å². The molecule has 1 atom stereocenters. The van der Waals surface area contributed by atoms with Crippen LogP contribution in [0.4, 0.5) is 0 Å². The first-order chi connectivity index (χ1) is 14.0. The first kappa shape index (κ1) is 20.8. The highest BCUT2D eigenvalue weighted by molar-refractivity contribution is 5.97. The van der Waals surface area contributed by atoms with Gasteiger partial charge in [0.15, 0.2) is 0 Å². The number of pyridine rings is 1. The lowest BCUT2D eigenvalue weighted by Gasteiger charge is -2.22. The summed E-state index contributed by atoms with van der Waals surface area (Å²) in [6.07, 6.45) is 6.48. The van der Waals surface area contributed by atoms with Crippen LogP contribution >= 0.6 is 0 Å². The number of rotatable bonds is 8. The summed E-state index contributed by atoms with van der Waals surface area (Å²) in [5.74, 6) is 0.0952. The molecule has 1 saturated carbocycles. The quantitative estimate of drug-likeness (QED) is 0.717. The third kappa shape index (κ3) is 6.04. The summed E-state index contributed by atoms with van der Waals surface area (Å²) in [7, 11) is 0. The highest BCUT2D eigenvalue weighted by atomic mass is 16.5. The molecule has 0 aliphatic heterocycles. The van der Waals surface area contributed by atoms with Crippen molar-refractivity contribution in [1.82, 2.24) is 15.6 Å². The van der Waals surface area contributed by atoms with Crippen LogP contribution in [0.1, 0.15) is 55.5 Å². The maximum Gasteiger partial charge on any atom is 0.251 e. The molecular weight excluding hydrogens is 366 g/mol. The van der Waals surface area contributed by atoms with Crippen molar-refractivity contribution in [1.29, 1.82) is 0 Å². The van der Waals surface area contributed by atoms with E-state index in [0.29, 0.717) is 18.0 Å². The fourth-order valence-corrected chi connectivity index (χ4v) is 3.45. The van der Waals surface area contributed by atoms with E-state index in [1.165, 1.54) is 12.8 Å². The highest BCUT2D eigenvalue weighted by Gasteiger charge is 2.24. The predicted octanol–water partition coefficient (Wildman–Crippen LogP) is 3.47. The minimum absolute atomic E-state index is 0.0404. The largest absolute Gasteiger partial charge is 0.474 e. The Bertz CT molecular complexity index is 817. The van der Waals surface area contributed by atoms with E-state index < -0.39 is 6.04 Å².